The molecule has 88 valence electrons. The number of aliphatic hydroxyl groups excluding tert-OH is 1. The van der Waals surface area contributed by atoms with Crippen LogP contribution in [0.4, 0.5) is 4.39 Å². The first-order valence-corrected chi connectivity index (χ1v) is 5.87. The summed E-state index contributed by atoms with van der Waals surface area (Å²) >= 11 is 5.69. The molecule has 2 nitrogen and oxygen atoms in total. The molecule has 0 saturated heterocycles. The lowest BCUT2D eigenvalue weighted by atomic mass is 10.1. The fourth-order valence-corrected chi connectivity index (χ4v) is 2.00. The van der Waals surface area contributed by atoms with Crippen LogP contribution in [0.25, 0.3) is 0 Å². The van der Waals surface area contributed by atoms with Crippen molar-refractivity contribution in [3.63, 3.8) is 0 Å². The smallest absolute Gasteiger partial charge is 0.146 e. The van der Waals surface area contributed by atoms with Crippen LogP contribution in [0.3, 0.4) is 0 Å². The monoisotopic (exact) mass is 243 g/mol. The molecule has 0 aliphatic heterocycles. The number of aliphatic hydroxyl groups is 1. The Balaban J connectivity index is 1.95. The van der Waals surface area contributed by atoms with Crippen molar-refractivity contribution in [2.45, 2.75) is 25.4 Å². The van der Waals surface area contributed by atoms with E-state index in [1.54, 1.807) is 12.1 Å². The average molecular weight is 244 g/mol. The lowest BCUT2D eigenvalue weighted by Crippen LogP contribution is -2.34. The number of halogens is 2. The molecule has 1 saturated carbocycles. The van der Waals surface area contributed by atoms with Crippen LogP contribution in [0.2, 0.25) is 5.02 Å². The molecular weight excluding hydrogens is 229 g/mol. The van der Waals surface area contributed by atoms with Crippen molar-refractivity contribution in [2.75, 3.05) is 6.61 Å². The largest absolute Gasteiger partial charge is 0.395 e. The van der Waals surface area contributed by atoms with Gasteiger partial charge in [-0.2, -0.15) is 0 Å². The number of hydrogen-bond acceptors (Lipinski definition) is 2. The highest BCUT2D eigenvalue weighted by Gasteiger charge is 2.30. The Kier molecular flexibility index (Phi) is 3.79. The number of rotatable bonds is 5. The molecule has 0 aromatic heterocycles. The fourth-order valence-electron chi connectivity index (χ4n) is 1.80. The van der Waals surface area contributed by atoms with Crippen LogP contribution in [0.5, 0.6) is 0 Å². The molecule has 2 N–H and O–H groups in total. The number of nitrogens with one attached hydrogen (secondary N) is 1. The molecular formula is C12H15ClFNO. The molecule has 0 radical (unpaired) electrons. The van der Waals surface area contributed by atoms with Crippen LogP contribution < -0.4 is 5.32 Å². The lowest BCUT2D eigenvalue weighted by Gasteiger charge is -2.15. The maximum atomic E-state index is 13.5. The third kappa shape index (κ3) is 2.73. The van der Waals surface area contributed by atoms with Crippen LogP contribution >= 0.6 is 11.6 Å². The van der Waals surface area contributed by atoms with Crippen molar-refractivity contribution in [1.82, 2.24) is 5.32 Å². The molecule has 0 unspecified atom stereocenters. The first-order valence-electron chi connectivity index (χ1n) is 5.49. The van der Waals surface area contributed by atoms with Crippen LogP contribution in [-0.2, 0) is 6.54 Å². The van der Waals surface area contributed by atoms with Gasteiger partial charge >= 0.3 is 0 Å². The van der Waals surface area contributed by atoms with Crippen molar-refractivity contribution in [3.8, 4) is 0 Å². The second-order valence-electron chi connectivity index (χ2n) is 4.22. The van der Waals surface area contributed by atoms with Crippen LogP contribution in [0.1, 0.15) is 18.4 Å². The van der Waals surface area contributed by atoms with Gasteiger partial charge in [-0.3, -0.25) is 0 Å². The summed E-state index contributed by atoms with van der Waals surface area (Å²) in [5.41, 5.74) is 0.548. The molecule has 0 bridgehead atoms. The maximum Gasteiger partial charge on any atom is 0.146 e. The molecule has 0 heterocycles. The zero-order valence-corrected chi connectivity index (χ0v) is 9.67. The van der Waals surface area contributed by atoms with E-state index in [2.05, 4.69) is 5.32 Å². The Bertz CT molecular complexity index is 368. The minimum Gasteiger partial charge on any atom is -0.395 e. The molecule has 4 heteroatoms. The van der Waals surface area contributed by atoms with Gasteiger partial charge in [0, 0.05) is 18.2 Å². The van der Waals surface area contributed by atoms with Gasteiger partial charge in [-0.1, -0.05) is 23.7 Å². The van der Waals surface area contributed by atoms with Crippen molar-refractivity contribution < 1.29 is 9.50 Å². The molecule has 1 atom stereocenters. The summed E-state index contributed by atoms with van der Waals surface area (Å²) in [7, 11) is 0. The van der Waals surface area contributed by atoms with Gasteiger partial charge in [0.1, 0.15) is 5.82 Å². The van der Waals surface area contributed by atoms with Crippen LogP contribution in [0, 0.1) is 11.7 Å². The second kappa shape index (κ2) is 5.13. The molecule has 16 heavy (non-hydrogen) atoms. The summed E-state index contributed by atoms with van der Waals surface area (Å²) in [4.78, 5) is 0. The first-order chi connectivity index (χ1) is 7.72. The predicted octanol–water partition coefficient (Wildman–Crippen LogP) is 2.34. The standard InChI is InChI=1S/C12H15ClFNO/c13-10-3-1-2-9(12(10)14)6-15-11(7-16)8-4-5-8/h1-3,8,11,15-16H,4-7H2/t11-/m0/s1. The Morgan fingerprint density at radius 1 is 1.50 bits per heavy atom. The topological polar surface area (TPSA) is 32.3 Å². The van der Waals surface area contributed by atoms with E-state index in [0.29, 0.717) is 18.0 Å². The van der Waals surface area contributed by atoms with E-state index in [4.69, 9.17) is 16.7 Å². The molecule has 1 aliphatic rings. The summed E-state index contributed by atoms with van der Waals surface area (Å²) in [5, 5.41) is 12.5. The average Bonchev–Trinajstić information content (AvgIpc) is 3.09. The minimum absolute atomic E-state index is 0.0818. The second-order valence-corrected chi connectivity index (χ2v) is 4.63. The van der Waals surface area contributed by atoms with Crippen molar-refractivity contribution in [1.29, 1.82) is 0 Å². The molecule has 1 fully saturated rings. The molecule has 1 aliphatic carbocycles. The summed E-state index contributed by atoms with van der Waals surface area (Å²) in [5.74, 6) is 0.177. The van der Waals surface area contributed by atoms with Gasteiger partial charge in [0.2, 0.25) is 0 Å². The number of hydrogen-bond donors (Lipinski definition) is 2. The highest BCUT2D eigenvalue weighted by molar-refractivity contribution is 6.30. The third-order valence-electron chi connectivity index (χ3n) is 2.97. The molecule has 0 amide bonds. The molecule has 2 rings (SSSR count). The number of benzene rings is 1. The Morgan fingerprint density at radius 3 is 2.88 bits per heavy atom. The van der Waals surface area contributed by atoms with Gasteiger partial charge < -0.3 is 10.4 Å². The van der Waals surface area contributed by atoms with E-state index in [0.717, 1.165) is 12.8 Å². The summed E-state index contributed by atoms with van der Waals surface area (Å²) in [6.45, 7) is 0.515. The first kappa shape index (κ1) is 11.8. The molecule has 0 spiro atoms. The summed E-state index contributed by atoms with van der Waals surface area (Å²) in [6, 6.07) is 5.05. The highest BCUT2D eigenvalue weighted by atomic mass is 35.5. The van der Waals surface area contributed by atoms with E-state index < -0.39 is 0 Å². The third-order valence-corrected chi connectivity index (χ3v) is 3.27. The van der Waals surface area contributed by atoms with Crippen molar-refractivity contribution in [2.24, 2.45) is 5.92 Å². The van der Waals surface area contributed by atoms with E-state index in [1.807, 2.05) is 0 Å². The van der Waals surface area contributed by atoms with Crippen LogP contribution in [0.15, 0.2) is 18.2 Å². The Labute approximate surface area is 99.4 Å². The zero-order chi connectivity index (χ0) is 11.5. The van der Waals surface area contributed by atoms with Crippen molar-refractivity contribution >= 4 is 11.6 Å². The van der Waals surface area contributed by atoms with Crippen LogP contribution in [-0.4, -0.2) is 17.8 Å². The minimum atomic E-state index is -0.371. The van der Waals surface area contributed by atoms with E-state index in [1.165, 1.54) is 6.07 Å². The van der Waals surface area contributed by atoms with E-state index in [9.17, 15) is 4.39 Å². The van der Waals surface area contributed by atoms with Gasteiger partial charge in [-0.05, 0) is 24.8 Å². The Morgan fingerprint density at radius 2 is 2.25 bits per heavy atom. The summed E-state index contributed by atoms with van der Waals surface area (Å²) < 4.78 is 13.5. The SMILES string of the molecule is OC[C@H](NCc1cccc(Cl)c1F)C1CC1. The van der Waals surface area contributed by atoms with Crippen molar-refractivity contribution in [3.05, 3.63) is 34.6 Å². The van der Waals surface area contributed by atoms with E-state index >= 15 is 0 Å². The fraction of sp³-hybridized carbons (Fsp3) is 0.500. The maximum absolute atomic E-state index is 13.5. The zero-order valence-electron chi connectivity index (χ0n) is 8.92. The molecule has 1 aromatic carbocycles. The highest BCUT2D eigenvalue weighted by Crippen LogP contribution is 2.32. The van der Waals surface area contributed by atoms with Gasteiger partial charge in [-0.15, -0.1) is 0 Å². The van der Waals surface area contributed by atoms with Gasteiger partial charge in [-0.25, -0.2) is 4.39 Å². The quantitative estimate of drug-likeness (QED) is 0.832. The predicted molar refractivity (Wildman–Crippen MR) is 61.8 cm³/mol. The summed E-state index contributed by atoms with van der Waals surface area (Å²) in [6.07, 6.45) is 2.30. The normalized spacial score (nSPS) is 17.4. The Hall–Kier alpha value is -0.640. The van der Waals surface area contributed by atoms with Gasteiger partial charge in [0.15, 0.2) is 0 Å². The van der Waals surface area contributed by atoms with Gasteiger partial charge in [0.05, 0.1) is 11.6 Å². The van der Waals surface area contributed by atoms with Gasteiger partial charge in [0.25, 0.3) is 0 Å². The van der Waals surface area contributed by atoms with E-state index in [-0.39, 0.29) is 23.5 Å². The molecule has 1 aromatic rings. The lowest BCUT2D eigenvalue weighted by molar-refractivity contribution is 0.227.